The Bertz CT molecular complexity index is 460. The van der Waals surface area contributed by atoms with Crippen molar-refractivity contribution in [3.05, 3.63) is 11.8 Å². The Morgan fingerprint density at radius 2 is 2.21 bits per heavy atom. The number of sulfone groups is 1. The molecule has 0 fully saturated rings. The van der Waals surface area contributed by atoms with Gasteiger partial charge in [-0.05, 0) is 6.07 Å². The van der Waals surface area contributed by atoms with Crippen molar-refractivity contribution in [2.24, 2.45) is 7.05 Å². The SMILES string of the molecule is Cn1nc(CC(=O)O)cc1S(C)(=O)=O. The van der Waals surface area contributed by atoms with Crippen molar-refractivity contribution in [2.45, 2.75) is 11.4 Å². The highest BCUT2D eigenvalue weighted by molar-refractivity contribution is 7.90. The highest BCUT2D eigenvalue weighted by Gasteiger charge is 2.15. The van der Waals surface area contributed by atoms with Crippen LogP contribution >= 0.6 is 0 Å². The number of carboxylic acid groups (broad SMARTS) is 1. The number of aryl methyl sites for hydroxylation is 1. The maximum atomic E-state index is 11.1. The highest BCUT2D eigenvalue weighted by Crippen LogP contribution is 2.10. The van der Waals surface area contributed by atoms with Gasteiger partial charge in [-0.2, -0.15) is 5.10 Å². The lowest BCUT2D eigenvalue weighted by Crippen LogP contribution is -2.05. The number of hydrogen-bond acceptors (Lipinski definition) is 4. The molecule has 1 rings (SSSR count). The fourth-order valence-electron chi connectivity index (χ4n) is 1.10. The molecule has 0 amide bonds. The molecule has 0 radical (unpaired) electrons. The van der Waals surface area contributed by atoms with E-state index in [1.54, 1.807) is 0 Å². The normalized spacial score (nSPS) is 11.6. The van der Waals surface area contributed by atoms with Gasteiger partial charge in [-0.3, -0.25) is 9.48 Å². The van der Waals surface area contributed by atoms with Crippen LogP contribution in [0.25, 0.3) is 0 Å². The summed E-state index contributed by atoms with van der Waals surface area (Å²) in [7, 11) is -1.88. The third-order valence-corrected chi connectivity index (χ3v) is 2.74. The lowest BCUT2D eigenvalue weighted by molar-refractivity contribution is -0.136. The number of hydrogen-bond donors (Lipinski definition) is 1. The first-order chi connectivity index (χ1) is 6.30. The zero-order valence-corrected chi connectivity index (χ0v) is 8.58. The molecule has 0 spiro atoms. The van der Waals surface area contributed by atoms with Gasteiger partial charge < -0.3 is 5.11 Å². The molecule has 7 heteroatoms. The molecule has 0 aliphatic heterocycles. The van der Waals surface area contributed by atoms with Crippen LogP contribution in [-0.2, 0) is 28.1 Å². The molecule has 0 bridgehead atoms. The first-order valence-corrected chi connectivity index (χ1v) is 5.64. The Labute approximate surface area is 81.1 Å². The van der Waals surface area contributed by atoms with E-state index in [0.717, 1.165) is 10.9 Å². The highest BCUT2D eigenvalue weighted by atomic mass is 32.2. The molecule has 1 N–H and O–H groups in total. The Balaban J connectivity index is 3.12. The first-order valence-electron chi connectivity index (χ1n) is 3.75. The second-order valence-corrected chi connectivity index (χ2v) is 4.90. The monoisotopic (exact) mass is 218 g/mol. The van der Waals surface area contributed by atoms with Gasteiger partial charge in [0.2, 0.25) is 0 Å². The Kier molecular flexibility index (Phi) is 2.61. The van der Waals surface area contributed by atoms with Crippen LogP contribution in [0.3, 0.4) is 0 Å². The van der Waals surface area contributed by atoms with Gasteiger partial charge in [0.25, 0.3) is 0 Å². The van der Waals surface area contributed by atoms with Crippen LogP contribution in [-0.4, -0.2) is 35.5 Å². The summed E-state index contributed by atoms with van der Waals surface area (Å²) in [5.74, 6) is -1.04. The van der Waals surface area contributed by atoms with Gasteiger partial charge in [-0.1, -0.05) is 0 Å². The number of aromatic nitrogens is 2. The smallest absolute Gasteiger partial charge is 0.309 e. The van der Waals surface area contributed by atoms with Crippen molar-refractivity contribution in [3.8, 4) is 0 Å². The van der Waals surface area contributed by atoms with E-state index in [-0.39, 0.29) is 17.1 Å². The minimum absolute atomic E-state index is 0.0220. The molecule has 6 nitrogen and oxygen atoms in total. The van der Waals surface area contributed by atoms with Gasteiger partial charge in [-0.25, -0.2) is 8.42 Å². The van der Waals surface area contributed by atoms with E-state index in [2.05, 4.69) is 5.10 Å². The van der Waals surface area contributed by atoms with Crippen molar-refractivity contribution in [3.63, 3.8) is 0 Å². The van der Waals surface area contributed by atoms with Crippen LogP contribution in [0.15, 0.2) is 11.1 Å². The molecular weight excluding hydrogens is 208 g/mol. The summed E-state index contributed by atoms with van der Waals surface area (Å²) in [6.45, 7) is 0. The number of nitrogens with zero attached hydrogens (tertiary/aromatic N) is 2. The number of rotatable bonds is 3. The van der Waals surface area contributed by atoms with E-state index in [0.29, 0.717) is 0 Å². The maximum Gasteiger partial charge on any atom is 0.309 e. The van der Waals surface area contributed by atoms with E-state index < -0.39 is 15.8 Å². The van der Waals surface area contributed by atoms with E-state index in [1.165, 1.54) is 13.1 Å². The van der Waals surface area contributed by atoms with Crippen LogP contribution in [0.5, 0.6) is 0 Å². The van der Waals surface area contributed by atoms with E-state index >= 15 is 0 Å². The summed E-state index contributed by atoms with van der Waals surface area (Å²) >= 11 is 0. The third-order valence-electron chi connectivity index (χ3n) is 1.60. The zero-order valence-electron chi connectivity index (χ0n) is 7.76. The van der Waals surface area contributed by atoms with Crippen molar-refractivity contribution in [1.29, 1.82) is 0 Å². The minimum Gasteiger partial charge on any atom is -0.481 e. The summed E-state index contributed by atoms with van der Waals surface area (Å²) < 4.78 is 23.4. The zero-order chi connectivity index (χ0) is 10.9. The lowest BCUT2D eigenvalue weighted by Gasteiger charge is -1.95. The average molecular weight is 218 g/mol. The lowest BCUT2D eigenvalue weighted by atomic mass is 10.3. The van der Waals surface area contributed by atoms with Crippen LogP contribution in [0.4, 0.5) is 0 Å². The third kappa shape index (κ3) is 2.32. The summed E-state index contributed by atoms with van der Waals surface area (Å²) in [5, 5.41) is 12.3. The molecule has 14 heavy (non-hydrogen) atoms. The molecule has 1 aromatic heterocycles. The number of aliphatic carboxylic acids is 1. The van der Waals surface area contributed by atoms with Crippen LogP contribution in [0, 0.1) is 0 Å². The summed E-state index contributed by atoms with van der Waals surface area (Å²) in [6.07, 6.45) is 0.776. The summed E-state index contributed by atoms with van der Waals surface area (Å²) in [5.41, 5.74) is 0.237. The van der Waals surface area contributed by atoms with Gasteiger partial charge in [0.05, 0.1) is 12.1 Å². The van der Waals surface area contributed by atoms with Crippen LogP contribution in [0.2, 0.25) is 0 Å². The Hall–Kier alpha value is -1.37. The minimum atomic E-state index is -3.34. The summed E-state index contributed by atoms with van der Waals surface area (Å²) in [4.78, 5) is 10.3. The van der Waals surface area contributed by atoms with E-state index in [1.807, 2.05) is 0 Å². The van der Waals surface area contributed by atoms with Gasteiger partial charge in [-0.15, -0.1) is 0 Å². The fourth-order valence-corrected chi connectivity index (χ4v) is 1.97. The van der Waals surface area contributed by atoms with Gasteiger partial charge in [0.1, 0.15) is 0 Å². The predicted molar refractivity (Wildman–Crippen MR) is 47.7 cm³/mol. The largest absolute Gasteiger partial charge is 0.481 e. The van der Waals surface area contributed by atoms with Gasteiger partial charge in [0.15, 0.2) is 14.9 Å². The molecular formula is C7H10N2O4S. The second kappa shape index (κ2) is 3.41. The quantitative estimate of drug-likeness (QED) is 0.735. The van der Waals surface area contributed by atoms with E-state index in [9.17, 15) is 13.2 Å². The molecule has 0 unspecified atom stereocenters. The Morgan fingerprint density at radius 1 is 1.64 bits per heavy atom. The molecule has 0 saturated heterocycles. The molecule has 0 aromatic carbocycles. The van der Waals surface area contributed by atoms with Crippen molar-refractivity contribution in [1.82, 2.24) is 9.78 Å². The standard InChI is InChI=1S/C7H10N2O4S/c1-9-6(14(2,12)13)3-5(8-9)4-7(10)11/h3H,4H2,1-2H3,(H,10,11). The Morgan fingerprint density at radius 3 is 2.57 bits per heavy atom. The molecule has 78 valence electrons. The summed E-state index contributed by atoms with van der Waals surface area (Å²) in [6, 6.07) is 1.27. The average Bonchev–Trinajstić information content (AvgIpc) is 2.27. The first kappa shape index (κ1) is 10.7. The molecule has 0 saturated carbocycles. The molecule has 0 aliphatic carbocycles. The molecule has 0 aliphatic rings. The van der Waals surface area contributed by atoms with E-state index in [4.69, 9.17) is 5.11 Å². The van der Waals surface area contributed by atoms with Crippen LogP contribution < -0.4 is 0 Å². The van der Waals surface area contributed by atoms with Crippen molar-refractivity contribution >= 4 is 15.8 Å². The maximum absolute atomic E-state index is 11.1. The number of carbonyl (C=O) groups is 1. The topological polar surface area (TPSA) is 89.3 Å². The fraction of sp³-hybridized carbons (Fsp3) is 0.429. The van der Waals surface area contributed by atoms with Crippen molar-refractivity contribution < 1.29 is 18.3 Å². The van der Waals surface area contributed by atoms with Crippen LogP contribution in [0.1, 0.15) is 5.69 Å². The van der Waals surface area contributed by atoms with Gasteiger partial charge >= 0.3 is 5.97 Å². The van der Waals surface area contributed by atoms with Gasteiger partial charge in [0, 0.05) is 13.3 Å². The predicted octanol–water partition coefficient (Wildman–Crippen LogP) is -0.549. The second-order valence-electron chi connectivity index (χ2n) is 2.94. The number of carboxylic acids is 1. The molecule has 1 heterocycles. The van der Waals surface area contributed by atoms with Crippen molar-refractivity contribution in [2.75, 3.05) is 6.26 Å². The molecule has 0 atom stereocenters. The molecule has 1 aromatic rings.